The zero-order valence-electron chi connectivity index (χ0n) is 18.0. The second-order valence-electron chi connectivity index (χ2n) is 7.73. The molecule has 32 heavy (non-hydrogen) atoms. The first-order valence-electron chi connectivity index (χ1n) is 10.7. The van der Waals surface area contributed by atoms with Gasteiger partial charge >= 0.3 is 5.97 Å². The number of carbonyl (C=O) groups excluding carboxylic acids is 1. The summed E-state index contributed by atoms with van der Waals surface area (Å²) in [4.78, 5) is 21.2. The lowest BCUT2D eigenvalue weighted by molar-refractivity contribution is 0.0472. The van der Waals surface area contributed by atoms with Crippen molar-refractivity contribution in [1.29, 1.82) is 0 Å². The van der Waals surface area contributed by atoms with Crippen molar-refractivity contribution in [3.63, 3.8) is 0 Å². The van der Waals surface area contributed by atoms with E-state index in [0.29, 0.717) is 40.5 Å². The molecular formula is C24H27N5O3. The Morgan fingerprint density at radius 2 is 1.94 bits per heavy atom. The third-order valence-electron chi connectivity index (χ3n) is 5.41. The zero-order valence-corrected chi connectivity index (χ0v) is 18.0. The number of rotatable bonds is 8. The van der Waals surface area contributed by atoms with Crippen LogP contribution in [-0.4, -0.2) is 29.1 Å². The van der Waals surface area contributed by atoms with Gasteiger partial charge in [0.05, 0.1) is 30.2 Å². The standard InChI is InChI=1S/C24H27N5O3/c1-31-21-13-17(23(30)32-15-16-7-3-2-4-8-16)11-12-20(21)28-24-26-14-19(25)22(29-24)27-18-9-5-6-10-18/h2-4,7-8,11-14,18H,5-6,9-10,15,25H2,1H3,(H2,26,27,28,29). The van der Waals surface area contributed by atoms with Crippen LogP contribution in [0, 0.1) is 0 Å². The highest BCUT2D eigenvalue weighted by atomic mass is 16.5. The van der Waals surface area contributed by atoms with Gasteiger partial charge < -0.3 is 25.8 Å². The number of nitrogens with one attached hydrogen (secondary N) is 2. The summed E-state index contributed by atoms with van der Waals surface area (Å²) in [5.41, 5.74) is 8.50. The molecule has 0 bridgehead atoms. The molecule has 8 heteroatoms. The van der Waals surface area contributed by atoms with Gasteiger partial charge in [-0.3, -0.25) is 0 Å². The van der Waals surface area contributed by atoms with E-state index in [1.807, 2.05) is 30.3 Å². The number of hydrogen-bond acceptors (Lipinski definition) is 8. The van der Waals surface area contributed by atoms with Gasteiger partial charge in [0.25, 0.3) is 0 Å². The van der Waals surface area contributed by atoms with E-state index in [-0.39, 0.29) is 6.61 Å². The molecule has 0 amide bonds. The predicted molar refractivity (Wildman–Crippen MR) is 124 cm³/mol. The normalized spacial score (nSPS) is 13.5. The topological polar surface area (TPSA) is 111 Å². The third kappa shape index (κ3) is 5.26. The Balaban J connectivity index is 1.45. The first kappa shape index (κ1) is 21.4. The average molecular weight is 434 g/mol. The summed E-state index contributed by atoms with van der Waals surface area (Å²) >= 11 is 0. The van der Waals surface area contributed by atoms with Crippen molar-refractivity contribution in [2.45, 2.75) is 38.3 Å². The maximum Gasteiger partial charge on any atom is 0.338 e. The minimum absolute atomic E-state index is 0.206. The molecule has 0 unspecified atom stereocenters. The van der Waals surface area contributed by atoms with Crippen molar-refractivity contribution in [3.05, 3.63) is 65.9 Å². The fourth-order valence-corrected chi connectivity index (χ4v) is 3.68. The zero-order chi connectivity index (χ0) is 22.3. The lowest BCUT2D eigenvalue weighted by Crippen LogP contribution is -2.17. The summed E-state index contributed by atoms with van der Waals surface area (Å²) in [6, 6.07) is 15.0. The minimum atomic E-state index is -0.425. The number of aromatic nitrogens is 2. The first-order valence-corrected chi connectivity index (χ1v) is 10.7. The highest BCUT2D eigenvalue weighted by Gasteiger charge is 2.17. The lowest BCUT2D eigenvalue weighted by Gasteiger charge is -2.16. The lowest BCUT2D eigenvalue weighted by atomic mass is 10.2. The Hall–Kier alpha value is -3.81. The van der Waals surface area contributed by atoms with Gasteiger partial charge in [-0.05, 0) is 36.6 Å². The van der Waals surface area contributed by atoms with Gasteiger partial charge in [-0.25, -0.2) is 9.78 Å². The van der Waals surface area contributed by atoms with Gasteiger partial charge in [-0.1, -0.05) is 43.2 Å². The molecule has 8 nitrogen and oxygen atoms in total. The summed E-state index contributed by atoms with van der Waals surface area (Å²) in [7, 11) is 1.54. The minimum Gasteiger partial charge on any atom is -0.495 e. The summed E-state index contributed by atoms with van der Waals surface area (Å²) in [5, 5.41) is 6.55. The molecule has 1 aliphatic carbocycles. The van der Waals surface area contributed by atoms with Crippen LogP contribution in [0.1, 0.15) is 41.6 Å². The van der Waals surface area contributed by atoms with E-state index >= 15 is 0 Å². The number of nitrogens with zero attached hydrogens (tertiary/aromatic N) is 2. The number of methoxy groups -OCH3 is 1. The van der Waals surface area contributed by atoms with Gasteiger partial charge in [-0.2, -0.15) is 4.98 Å². The van der Waals surface area contributed by atoms with E-state index in [2.05, 4.69) is 20.6 Å². The van der Waals surface area contributed by atoms with Crippen molar-refractivity contribution in [2.24, 2.45) is 0 Å². The van der Waals surface area contributed by atoms with Crippen LogP contribution in [0.3, 0.4) is 0 Å². The molecule has 1 aliphatic rings. The number of esters is 1. The van der Waals surface area contributed by atoms with Crippen molar-refractivity contribution in [3.8, 4) is 5.75 Å². The molecule has 4 rings (SSSR count). The molecule has 1 saturated carbocycles. The summed E-state index contributed by atoms with van der Waals surface area (Å²) in [6.45, 7) is 0.206. The number of carbonyl (C=O) groups is 1. The van der Waals surface area contributed by atoms with E-state index in [9.17, 15) is 4.79 Å². The van der Waals surface area contributed by atoms with E-state index in [1.165, 1.54) is 20.0 Å². The molecule has 2 aromatic carbocycles. The monoisotopic (exact) mass is 433 g/mol. The smallest absolute Gasteiger partial charge is 0.338 e. The first-order chi connectivity index (χ1) is 15.6. The number of hydrogen-bond donors (Lipinski definition) is 3. The number of ether oxygens (including phenoxy) is 2. The Morgan fingerprint density at radius 3 is 2.69 bits per heavy atom. The largest absolute Gasteiger partial charge is 0.495 e. The number of nitrogen functional groups attached to an aromatic ring is 1. The molecule has 0 atom stereocenters. The second kappa shape index (κ2) is 10.00. The third-order valence-corrected chi connectivity index (χ3v) is 5.41. The molecule has 0 saturated heterocycles. The molecule has 3 aromatic rings. The van der Waals surface area contributed by atoms with E-state index in [1.54, 1.807) is 24.4 Å². The quantitative estimate of drug-likeness (QED) is 0.445. The van der Waals surface area contributed by atoms with Crippen LogP contribution in [-0.2, 0) is 11.3 Å². The molecule has 1 heterocycles. The van der Waals surface area contributed by atoms with E-state index in [4.69, 9.17) is 15.2 Å². The van der Waals surface area contributed by atoms with Gasteiger partial charge in [0.2, 0.25) is 5.95 Å². The van der Waals surface area contributed by atoms with E-state index < -0.39 is 5.97 Å². The Bertz CT molecular complexity index is 1070. The molecule has 4 N–H and O–H groups in total. The maximum absolute atomic E-state index is 12.5. The highest BCUT2D eigenvalue weighted by molar-refractivity contribution is 5.91. The molecular weight excluding hydrogens is 406 g/mol. The number of benzene rings is 2. The van der Waals surface area contributed by atoms with Crippen LogP contribution in [0.4, 0.5) is 23.1 Å². The van der Waals surface area contributed by atoms with Gasteiger partial charge in [-0.15, -0.1) is 0 Å². The highest BCUT2D eigenvalue weighted by Crippen LogP contribution is 2.30. The molecule has 166 valence electrons. The van der Waals surface area contributed by atoms with Crippen LogP contribution in [0.2, 0.25) is 0 Å². The Labute approximate surface area is 187 Å². The van der Waals surface area contributed by atoms with Crippen LogP contribution in [0.5, 0.6) is 5.75 Å². The van der Waals surface area contributed by atoms with Crippen molar-refractivity contribution in [1.82, 2.24) is 9.97 Å². The van der Waals surface area contributed by atoms with Gasteiger partial charge in [0.15, 0.2) is 5.82 Å². The van der Waals surface area contributed by atoms with Gasteiger partial charge in [0.1, 0.15) is 12.4 Å². The summed E-state index contributed by atoms with van der Waals surface area (Å²) in [6.07, 6.45) is 6.23. The van der Waals surface area contributed by atoms with Crippen LogP contribution >= 0.6 is 0 Å². The molecule has 0 aliphatic heterocycles. The van der Waals surface area contributed by atoms with Gasteiger partial charge in [0, 0.05) is 6.04 Å². The molecule has 0 radical (unpaired) electrons. The Kier molecular flexibility index (Phi) is 6.69. The van der Waals surface area contributed by atoms with Crippen molar-refractivity contribution >= 4 is 29.1 Å². The number of nitrogens with two attached hydrogens (primary N) is 1. The second-order valence-corrected chi connectivity index (χ2v) is 7.73. The van der Waals surface area contributed by atoms with Crippen LogP contribution in [0.15, 0.2) is 54.7 Å². The number of anilines is 4. The van der Waals surface area contributed by atoms with Crippen molar-refractivity contribution in [2.75, 3.05) is 23.5 Å². The fourth-order valence-electron chi connectivity index (χ4n) is 3.68. The Morgan fingerprint density at radius 1 is 1.16 bits per heavy atom. The SMILES string of the molecule is COc1cc(C(=O)OCc2ccccc2)ccc1Nc1ncc(N)c(NC2CCCC2)n1. The molecule has 1 fully saturated rings. The summed E-state index contributed by atoms with van der Waals surface area (Å²) < 4.78 is 10.9. The van der Waals surface area contributed by atoms with Crippen LogP contribution < -0.4 is 21.1 Å². The van der Waals surface area contributed by atoms with Crippen molar-refractivity contribution < 1.29 is 14.3 Å². The average Bonchev–Trinajstić information content (AvgIpc) is 3.33. The fraction of sp³-hybridized carbons (Fsp3) is 0.292. The molecule has 0 spiro atoms. The van der Waals surface area contributed by atoms with E-state index in [0.717, 1.165) is 18.4 Å². The summed E-state index contributed by atoms with van der Waals surface area (Å²) in [5.74, 6) is 1.06. The maximum atomic E-state index is 12.5. The van der Waals surface area contributed by atoms with Crippen LogP contribution in [0.25, 0.3) is 0 Å². The molecule has 1 aromatic heterocycles. The predicted octanol–water partition coefficient (Wildman–Crippen LogP) is 4.52.